The van der Waals surface area contributed by atoms with Gasteiger partial charge in [0.25, 0.3) is 0 Å². The normalized spacial score (nSPS) is 18.0. The summed E-state index contributed by atoms with van der Waals surface area (Å²) >= 11 is 0. The molecule has 1 aliphatic rings. The number of ether oxygens (including phenoxy) is 2. The van der Waals surface area contributed by atoms with E-state index in [2.05, 4.69) is 0 Å². The van der Waals surface area contributed by atoms with Crippen LogP contribution < -0.4 is 15.2 Å². The smallest absolute Gasteiger partial charge is 0.137 e. The summed E-state index contributed by atoms with van der Waals surface area (Å²) in [6.45, 7) is 2.15. The molecule has 2 unspecified atom stereocenters. The van der Waals surface area contributed by atoms with Crippen molar-refractivity contribution in [3.8, 4) is 11.5 Å². The van der Waals surface area contributed by atoms with Gasteiger partial charge in [-0.1, -0.05) is 24.3 Å². The Balaban J connectivity index is 1.61. The highest BCUT2D eigenvalue weighted by molar-refractivity contribution is 5.37. The van der Waals surface area contributed by atoms with Gasteiger partial charge in [0.15, 0.2) is 0 Å². The first-order valence-electron chi connectivity index (χ1n) is 7.06. The first kappa shape index (κ1) is 13.9. The van der Waals surface area contributed by atoms with Crippen LogP contribution in [0.25, 0.3) is 0 Å². The van der Waals surface area contributed by atoms with Crippen LogP contribution in [0, 0.1) is 5.82 Å². The van der Waals surface area contributed by atoms with E-state index in [9.17, 15) is 4.39 Å². The summed E-state index contributed by atoms with van der Waals surface area (Å²) in [6.07, 6.45) is 0.787. The molecule has 2 N–H and O–H groups in total. The minimum Gasteiger partial charge on any atom is -0.490 e. The molecule has 0 fully saturated rings. The Morgan fingerprint density at radius 2 is 2.14 bits per heavy atom. The lowest BCUT2D eigenvalue weighted by Gasteiger charge is -2.14. The van der Waals surface area contributed by atoms with E-state index in [-0.39, 0.29) is 18.0 Å². The first-order chi connectivity index (χ1) is 10.1. The molecule has 0 bridgehead atoms. The Kier molecular flexibility index (Phi) is 3.80. The SMILES string of the molecule is CC(N)c1ccc(OCC2Cc3ccccc3O2)cc1F. The van der Waals surface area contributed by atoms with Gasteiger partial charge in [0.05, 0.1) is 0 Å². The topological polar surface area (TPSA) is 44.5 Å². The van der Waals surface area contributed by atoms with E-state index >= 15 is 0 Å². The number of para-hydroxylation sites is 1. The van der Waals surface area contributed by atoms with E-state index in [0.29, 0.717) is 17.9 Å². The highest BCUT2D eigenvalue weighted by Gasteiger charge is 2.22. The molecule has 2 aromatic carbocycles. The van der Waals surface area contributed by atoms with E-state index in [1.807, 2.05) is 24.3 Å². The standard InChI is InChI=1S/C17H18FNO2/c1-11(19)15-7-6-13(9-16(15)18)20-10-14-8-12-4-2-3-5-17(12)21-14/h2-7,9,11,14H,8,10,19H2,1H3. The molecule has 3 nitrogen and oxygen atoms in total. The second-order valence-electron chi connectivity index (χ2n) is 5.33. The third kappa shape index (κ3) is 3.00. The molecule has 0 radical (unpaired) electrons. The van der Waals surface area contributed by atoms with Crippen molar-refractivity contribution in [2.75, 3.05) is 6.61 Å². The minimum absolute atomic E-state index is 0.0291. The Bertz CT molecular complexity index is 617. The van der Waals surface area contributed by atoms with Crippen molar-refractivity contribution in [3.05, 3.63) is 59.4 Å². The van der Waals surface area contributed by atoms with Gasteiger partial charge in [-0.25, -0.2) is 4.39 Å². The van der Waals surface area contributed by atoms with Crippen LogP contribution in [-0.2, 0) is 6.42 Å². The van der Waals surface area contributed by atoms with Crippen LogP contribution in [0.2, 0.25) is 0 Å². The van der Waals surface area contributed by atoms with Crippen molar-refractivity contribution in [3.63, 3.8) is 0 Å². The number of benzene rings is 2. The maximum atomic E-state index is 13.8. The van der Waals surface area contributed by atoms with Gasteiger partial charge in [0, 0.05) is 24.1 Å². The monoisotopic (exact) mass is 287 g/mol. The van der Waals surface area contributed by atoms with Gasteiger partial charge in [-0.15, -0.1) is 0 Å². The lowest BCUT2D eigenvalue weighted by atomic mass is 10.1. The molecule has 0 amide bonds. The number of rotatable bonds is 4. The van der Waals surface area contributed by atoms with Crippen molar-refractivity contribution in [1.29, 1.82) is 0 Å². The largest absolute Gasteiger partial charge is 0.490 e. The second kappa shape index (κ2) is 5.74. The van der Waals surface area contributed by atoms with E-state index in [4.69, 9.17) is 15.2 Å². The number of halogens is 1. The van der Waals surface area contributed by atoms with Gasteiger partial charge in [-0.2, -0.15) is 0 Å². The fraction of sp³-hybridized carbons (Fsp3) is 0.294. The van der Waals surface area contributed by atoms with Gasteiger partial charge < -0.3 is 15.2 Å². The highest BCUT2D eigenvalue weighted by atomic mass is 19.1. The molecule has 21 heavy (non-hydrogen) atoms. The van der Waals surface area contributed by atoms with E-state index < -0.39 is 0 Å². The molecule has 0 saturated carbocycles. The maximum absolute atomic E-state index is 13.8. The van der Waals surface area contributed by atoms with Crippen molar-refractivity contribution in [1.82, 2.24) is 0 Å². The fourth-order valence-corrected chi connectivity index (χ4v) is 2.50. The zero-order valence-electron chi connectivity index (χ0n) is 11.9. The average molecular weight is 287 g/mol. The quantitative estimate of drug-likeness (QED) is 0.939. The Labute approximate surface area is 123 Å². The van der Waals surface area contributed by atoms with Gasteiger partial charge >= 0.3 is 0 Å². The van der Waals surface area contributed by atoms with Crippen LogP contribution in [0.5, 0.6) is 11.5 Å². The molecule has 0 aliphatic carbocycles. The number of nitrogens with two attached hydrogens (primary N) is 1. The van der Waals surface area contributed by atoms with Gasteiger partial charge in [-0.3, -0.25) is 0 Å². The molecule has 0 saturated heterocycles. The molecule has 0 aromatic heterocycles. The molecule has 1 aliphatic heterocycles. The van der Waals surface area contributed by atoms with E-state index in [1.165, 1.54) is 11.6 Å². The minimum atomic E-state index is -0.335. The molecule has 110 valence electrons. The van der Waals surface area contributed by atoms with E-state index in [1.54, 1.807) is 19.1 Å². The molecular weight excluding hydrogens is 269 g/mol. The third-order valence-electron chi connectivity index (χ3n) is 3.61. The van der Waals surface area contributed by atoms with Gasteiger partial charge in [-0.05, 0) is 24.6 Å². The zero-order chi connectivity index (χ0) is 14.8. The molecule has 3 rings (SSSR count). The fourth-order valence-electron chi connectivity index (χ4n) is 2.50. The van der Waals surface area contributed by atoms with Crippen LogP contribution in [0.3, 0.4) is 0 Å². The lowest BCUT2D eigenvalue weighted by molar-refractivity contribution is 0.148. The third-order valence-corrected chi connectivity index (χ3v) is 3.61. The van der Waals surface area contributed by atoms with E-state index in [0.717, 1.165) is 12.2 Å². The number of fused-ring (bicyclic) bond motifs is 1. The molecule has 2 aromatic rings. The van der Waals surface area contributed by atoms with Crippen molar-refractivity contribution < 1.29 is 13.9 Å². The van der Waals surface area contributed by atoms with Gasteiger partial charge in [0.2, 0.25) is 0 Å². The van der Waals surface area contributed by atoms with Crippen LogP contribution in [0.15, 0.2) is 42.5 Å². The summed E-state index contributed by atoms with van der Waals surface area (Å²) in [6, 6.07) is 12.4. The van der Waals surface area contributed by atoms with Gasteiger partial charge in [0.1, 0.15) is 30.0 Å². The van der Waals surface area contributed by atoms with Crippen LogP contribution in [0.4, 0.5) is 4.39 Å². The summed E-state index contributed by atoms with van der Waals surface area (Å²) < 4.78 is 25.2. The predicted octanol–water partition coefficient (Wildman–Crippen LogP) is 3.23. The predicted molar refractivity (Wildman–Crippen MR) is 79.1 cm³/mol. The Morgan fingerprint density at radius 1 is 1.33 bits per heavy atom. The average Bonchev–Trinajstić information content (AvgIpc) is 2.87. The van der Waals surface area contributed by atoms with Crippen LogP contribution >= 0.6 is 0 Å². The Hall–Kier alpha value is -2.07. The summed E-state index contributed by atoms with van der Waals surface area (Å²) in [5.74, 6) is 1.07. The number of hydrogen-bond donors (Lipinski definition) is 1. The van der Waals surface area contributed by atoms with Crippen molar-refractivity contribution in [2.24, 2.45) is 5.73 Å². The second-order valence-corrected chi connectivity index (χ2v) is 5.33. The van der Waals surface area contributed by atoms with Crippen LogP contribution in [-0.4, -0.2) is 12.7 Å². The highest BCUT2D eigenvalue weighted by Crippen LogP contribution is 2.28. The molecule has 1 heterocycles. The maximum Gasteiger partial charge on any atom is 0.137 e. The molecular formula is C17H18FNO2. The van der Waals surface area contributed by atoms with Crippen LogP contribution in [0.1, 0.15) is 24.1 Å². The Morgan fingerprint density at radius 3 is 2.86 bits per heavy atom. The first-order valence-corrected chi connectivity index (χ1v) is 7.06. The summed E-state index contributed by atoms with van der Waals surface area (Å²) in [7, 11) is 0. The molecule has 4 heteroatoms. The lowest BCUT2D eigenvalue weighted by Crippen LogP contribution is -2.22. The zero-order valence-corrected chi connectivity index (χ0v) is 11.9. The number of hydrogen-bond acceptors (Lipinski definition) is 3. The van der Waals surface area contributed by atoms with Crippen molar-refractivity contribution >= 4 is 0 Å². The summed E-state index contributed by atoms with van der Waals surface area (Å²) in [5, 5.41) is 0. The van der Waals surface area contributed by atoms with Crippen molar-refractivity contribution in [2.45, 2.75) is 25.5 Å². The molecule has 0 spiro atoms. The summed E-state index contributed by atoms with van der Waals surface area (Å²) in [5.41, 5.74) is 7.36. The summed E-state index contributed by atoms with van der Waals surface area (Å²) in [4.78, 5) is 0. The molecule has 2 atom stereocenters.